The first-order valence-electron chi connectivity index (χ1n) is 10.1. The van der Waals surface area contributed by atoms with E-state index in [9.17, 15) is 17.2 Å². The molecule has 0 radical (unpaired) electrons. The maximum Gasteiger partial charge on any atom is 0.246 e. The molecule has 35 heavy (non-hydrogen) atoms. The van der Waals surface area contributed by atoms with E-state index in [-0.39, 0.29) is 38.4 Å². The average molecular weight is 515 g/mol. The molecule has 0 fully saturated rings. The lowest BCUT2D eigenvalue weighted by Gasteiger charge is -2.20. The summed E-state index contributed by atoms with van der Waals surface area (Å²) in [5.41, 5.74) is 1.60. The molecule has 4 aromatic rings. The molecule has 178 valence electrons. The van der Waals surface area contributed by atoms with Crippen LogP contribution in [0.2, 0.25) is 5.02 Å². The van der Waals surface area contributed by atoms with Crippen LogP contribution in [0, 0.1) is 29.9 Å². The number of halogens is 3. The minimum absolute atomic E-state index is 0.139. The van der Waals surface area contributed by atoms with E-state index in [1.54, 1.807) is 13.8 Å². The van der Waals surface area contributed by atoms with Crippen LogP contribution in [0.4, 0.5) is 14.5 Å². The van der Waals surface area contributed by atoms with E-state index in [2.05, 4.69) is 25.3 Å². The van der Waals surface area contributed by atoms with Gasteiger partial charge in [-0.1, -0.05) is 11.6 Å². The van der Waals surface area contributed by atoms with E-state index in [4.69, 9.17) is 16.9 Å². The van der Waals surface area contributed by atoms with Gasteiger partial charge in [0.05, 0.1) is 39.6 Å². The number of nitrogens with zero attached hydrogens (tertiary/aromatic N) is 5. The smallest absolute Gasteiger partial charge is 0.246 e. The number of nitrogens with one attached hydrogen (secondary N) is 1. The van der Waals surface area contributed by atoms with Gasteiger partial charge in [0.1, 0.15) is 17.0 Å². The molecule has 0 bridgehead atoms. The third-order valence-electron chi connectivity index (χ3n) is 5.20. The highest BCUT2D eigenvalue weighted by Gasteiger charge is 2.21. The Hall–Kier alpha value is -3.75. The maximum absolute atomic E-state index is 15.0. The van der Waals surface area contributed by atoms with E-state index in [1.165, 1.54) is 18.2 Å². The number of pyridine rings is 2. The van der Waals surface area contributed by atoms with E-state index >= 15 is 0 Å². The zero-order valence-electron chi connectivity index (χ0n) is 18.6. The van der Waals surface area contributed by atoms with Crippen LogP contribution in [0.3, 0.4) is 0 Å². The van der Waals surface area contributed by atoms with Gasteiger partial charge in [0.15, 0.2) is 5.82 Å². The zero-order chi connectivity index (χ0) is 25.5. The summed E-state index contributed by atoms with van der Waals surface area (Å²) in [6.45, 7) is 3.32. The van der Waals surface area contributed by atoms with Crippen molar-refractivity contribution in [1.82, 2.24) is 19.9 Å². The molecule has 0 saturated carbocycles. The Balaban J connectivity index is 1.85. The van der Waals surface area contributed by atoms with Crippen LogP contribution in [0.5, 0.6) is 0 Å². The van der Waals surface area contributed by atoms with Crippen molar-refractivity contribution in [2.24, 2.45) is 0 Å². The van der Waals surface area contributed by atoms with Crippen LogP contribution in [0.1, 0.15) is 29.8 Å². The molecule has 0 aliphatic heterocycles. The molecule has 3 aromatic heterocycles. The molecule has 0 aliphatic carbocycles. The molecule has 1 aromatic carbocycles. The Morgan fingerprint density at radius 2 is 1.80 bits per heavy atom. The Labute approximate surface area is 204 Å². The first kappa shape index (κ1) is 24.4. The van der Waals surface area contributed by atoms with Crippen LogP contribution >= 0.6 is 11.6 Å². The van der Waals surface area contributed by atoms with Crippen molar-refractivity contribution in [3.8, 4) is 17.3 Å². The van der Waals surface area contributed by atoms with Gasteiger partial charge in [-0.3, -0.25) is 0 Å². The molecule has 0 spiro atoms. The van der Waals surface area contributed by atoms with E-state index in [0.29, 0.717) is 11.4 Å². The maximum atomic E-state index is 15.0. The molecule has 3 heterocycles. The first-order chi connectivity index (χ1) is 16.5. The highest BCUT2D eigenvalue weighted by molar-refractivity contribution is 7.90. The predicted octanol–water partition coefficient (Wildman–Crippen LogP) is 4.78. The lowest BCUT2D eigenvalue weighted by atomic mass is 10.0. The minimum atomic E-state index is -3.64. The van der Waals surface area contributed by atoms with E-state index in [0.717, 1.165) is 24.7 Å². The molecule has 12 heteroatoms. The lowest BCUT2D eigenvalue weighted by molar-refractivity contribution is 0.593. The summed E-state index contributed by atoms with van der Waals surface area (Å²) in [6, 6.07) is 6.50. The molecule has 0 aliphatic rings. The number of aryl methyl sites for hydroxylation is 1. The number of anilines is 1. The number of hydrogen-bond donors (Lipinski definition) is 1. The van der Waals surface area contributed by atoms with Crippen molar-refractivity contribution in [1.29, 1.82) is 5.26 Å². The quantitative estimate of drug-likeness (QED) is 0.378. The molecular formula is C23H17ClF2N6O2S. The number of benzene rings is 1. The summed E-state index contributed by atoms with van der Waals surface area (Å²) in [6.07, 6.45) is 3.27. The van der Waals surface area contributed by atoms with Gasteiger partial charge in [-0.15, -0.1) is 0 Å². The van der Waals surface area contributed by atoms with Gasteiger partial charge >= 0.3 is 0 Å². The van der Waals surface area contributed by atoms with Crippen molar-refractivity contribution in [2.75, 3.05) is 11.6 Å². The fraction of sp³-hybridized carbons (Fsp3) is 0.174. The van der Waals surface area contributed by atoms with Crippen molar-refractivity contribution in [3.05, 3.63) is 70.1 Å². The number of sulfone groups is 1. The number of rotatable bonds is 5. The fourth-order valence-corrected chi connectivity index (χ4v) is 4.14. The van der Waals surface area contributed by atoms with Gasteiger partial charge in [-0.2, -0.15) is 5.26 Å². The molecule has 4 rings (SSSR count). The molecule has 1 N–H and O–H groups in total. The van der Waals surface area contributed by atoms with E-state index < -0.39 is 32.7 Å². The summed E-state index contributed by atoms with van der Waals surface area (Å²) in [4.78, 5) is 16.3. The summed E-state index contributed by atoms with van der Waals surface area (Å²) in [5.74, 6) is -1.24. The Bertz CT molecular complexity index is 1620. The number of aromatic nitrogens is 4. The average Bonchev–Trinajstić information content (AvgIpc) is 2.81. The van der Waals surface area contributed by atoms with Crippen LogP contribution in [-0.2, 0) is 9.84 Å². The van der Waals surface area contributed by atoms with Gasteiger partial charge in [-0.25, -0.2) is 37.1 Å². The standard InChI is InChI=1S/C23H17ClF2N6O2S/c1-11(15-6-13(8-27)4-5-16(15)25)31-22-19(24)12(2)30-18-7-17(26)20(32-21(18)22)14-9-28-23(29-10-14)35(3,33)34/h4-7,9-11H,1-3H3,(H,30,31)/t11-/m1/s1. The Morgan fingerprint density at radius 3 is 2.43 bits per heavy atom. The second-order valence-electron chi connectivity index (χ2n) is 7.81. The van der Waals surface area contributed by atoms with Crippen LogP contribution < -0.4 is 5.32 Å². The summed E-state index contributed by atoms with van der Waals surface area (Å²) < 4.78 is 52.7. The van der Waals surface area contributed by atoms with Crippen molar-refractivity contribution >= 4 is 38.2 Å². The molecule has 8 nitrogen and oxygen atoms in total. The van der Waals surface area contributed by atoms with Gasteiger partial charge in [0.2, 0.25) is 15.0 Å². The SMILES string of the molecule is Cc1nc2cc(F)c(-c3cnc(S(C)(=O)=O)nc3)nc2c(N[C@H](C)c2cc(C#N)ccc2F)c1Cl. The third kappa shape index (κ3) is 4.76. The third-order valence-corrected chi connectivity index (χ3v) is 6.54. The van der Waals surface area contributed by atoms with Gasteiger partial charge in [0, 0.05) is 35.8 Å². The Morgan fingerprint density at radius 1 is 1.11 bits per heavy atom. The minimum Gasteiger partial charge on any atom is -0.375 e. The highest BCUT2D eigenvalue weighted by atomic mass is 35.5. The first-order valence-corrected chi connectivity index (χ1v) is 12.4. The molecule has 0 unspecified atom stereocenters. The highest BCUT2D eigenvalue weighted by Crippen LogP contribution is 2.36. The summed E-state index contributed by atoms with van der Waals surface area (Å²) >= 11 is 6.51. The van der Waals surface area contributed by atoms with E-state index in [1.807, 2.05) is 6.07 Å². The largest absolute Gasteiger partial charge is 0.375 e. The fourth-order valence-electron chi connectivity index (χ4n) is 3.47. The van der Waals surface area contributed by atoms with Crippen molar-refractivity contribution in [2.45, 2.75) is 25.0 Å². The number of hydrogen-bond acceptors (Lipinski definition) is 8. The monoisotopic (exact) mass is 514 g/mol. The predicted molar refractivity (Wildman–Crippen MR) is 127 cm³/mol. The van der Waals surface area contributed by atoms with Crippen LogP contribution in [-0.4, -0.2) is 34.6 Å². The topological polar surface area (TPSA) is 122 Å². The number of nitriles is 1. The molecular weight excluding hydrogens is 498 g/mol. The van der Waals surface area contributed by atoms with Crippen molar-refractivity contribution in [3.63, 3.8) is 0 Å². The number of fused-ring (bicyclic) bond motifs is 1. The molecule has 1 atom stereocenters. The summed E-state index contributed by atoms with van der Waals surface area (Å²) in [7, 11) is -3.64. The van der Waals surface area contributed by atoms with Crippen LogP contribution in [0.15, 0.2) is 41.8 Å². The zero-order valence-corrected chi connectivity index (χ0v) is 20.2. The van der Waals surface area contributed by atoms with Gasteiger partial charge < -0.3 is 5.32 Å². The van der Waals surface area contributed by atoms with Crippen LogP contribution in [0.25, 0.3) is 22.3 Å². The summed E-state index contributed by atoms with van der Waals surface area (Å²) in [5, 5.41) is 12.1. The van der Waals surface area contributed by atoms with Crippen molar-refractivity contribution < 1.29 is 17.2 Å². The Kier molecular flexibility index (Phi) is 6.36. The molecule has 0 amide bonds. The lowest BCUT2D eigenvalue weighted by Crippen LogP contribution is -2.11. The van der Waals surface area contributed by atoms with Gasteiger partial charge in [-0.05, 0) is 32.0 Å². The second kappa shape index (κ2) is 9.13. The normalized spacial score (nSPS) is 12.4. The second-order valence-corrected chi connectivity index (χ2v) is 10.1. The molecule has 0 saturated heterocycles. The van der Waals surface area contributed by atoms with Gasteiger partial charge in [0.25, 0.3) is 0 Å².